The summed E-state index contributed by atoms with van der Waals surface area (Å²) in [6.07, 6.45) is 6.34. The summed E-state index contributed by atoms with van der Waals surface area (Å²) in [4.78, 5) is 8.81. The van der Waals surface area contributed by atoms with Gasteiger partial charge in [0, 0.05) is 12.1 Å². The Morgan fingerprint density at radius 3 is 2.53 bits per heavy atom. The van der Waals surface area contributed by atoms with Crippen molar-refractivity contribution in [1.82, 2.24) is 25.1 Å². The topological polar surface area (TPSA) is 90.9 Å². The Hall–Kier alpha value is -3.45. The quantitative estimate of drug-likeness (QED) is 0.497. The van der Waals surface area contributed by atoms with Gasteiger partial charge in [-0.15, -0.1) is 0 Å². The van der Waals surface area contributed by atoms with Crippen molar-refractivity contribution in [2.75, 3.05) is 18.8 Å². The summed E-state index contributed by atoms with van der Waals surface area (Å²) in [7, 11) is 0. The van der Waals surface area contributed by atoms with Crippen LogP contribution in [-0.4, -0.2) is 32.8 Å². The first kappa shape index (κ1) is 19.3. The number of anilines is 1. The number of nitrogens with one attached hydrogen (secondary N) is 1. The molecule has 0 unspecified atom stereocenters. The van der Waals surface area contributed by atoms with Gasteiger partial charge in [-0.05, 0) is 74.0 Å². The van der Waals surface area contributed by atoms with E-state index in [0.29, 0.717) is 17.3 Å². The van der Waals surface area contributed by atoms with Gasteiger partial charge in [0.15, 0.2) is 5.65 Å². The molecule has 0 amide bonds. The van der Waals surface area contributed by atoms with Gasteiger partial charge in [-0.25, -0.2) is 14.6 Å². The first-order valence-corrected chi connectivity index (χ1v) is 11.2. The number of hydrogen-bond donors (Lipinski definition) is 2. The fourth-order valence-corrected chi connectivity index (χ4v) is 5.25. The van der Waals surface area contributed by atoms with Crippen molar-refractivity contribution in [1.29, 1.82) is 0 Å². The lowest BCUT2D eigenvalue weighted by Crippen LogP contribution is -2.49. The normalized spacial score (nSPS) is 22.7. The summed E-state index contributed by atoms with van der Waals surface area (Å²) in [5, 5.41) is 9.40. The zero-order chi connectivity index (χ0) is 21.5. The minimum absolute atomic E-state index is 0.348. The second kappa shape index (κ2) is 7.60. The summed E-state index contributed by atoms with van der Waals surface area (Å²) >= 11 is 0. The molecule has 3 heterocycles. The molecule has 4 aromatic rings. The molecule has 7 heteroatoms. The first-order chi connectivity index (χ1) is 15.7. The highest BCUT2D eigenvalue weighted by atomic mass is 16.5. The fourth-order valence-electron chi connectivity index (χ4n) is 5.25. The van der Waals surface area contributed by atoms with Crippen LogP contribution in [0.3, 0.4) is 0 Å². The highest BCUT2D eigenvalue weighted by Gasteiger charge is 2.46. The third-order valence-electron chi connectivity index (χ3n) is 6.87. The van der Waals surface area contributed by atoms with E-state index in [1.165, 1.54) is 19.2 Å². The number of ether oxygens (including phenoxy) is 1. The maximum atomic E-state index is 6.30. The lowest BCUT2D eigenvalue weighted by atomic mass is 9.62. The van der Waals surface area contributed by atoms with Crippen LogP contribution in [0.1, 0.15) is 31.7 Å². The molecule has 0 bridgehead atoms. The Morgan fingerprint density at radius 2 is 1.78 bits per heavy atom. The summed E-state index contributed by atoms with van der Waals surface area (Å²) in [6, 6.07) is 18.1. The summed E-state index contributed by atoms with van der Waals surface area (Å²) in [5.41, 5.74) is 9.33. The molecule has 1 spiro atoms. The summed E-state index contributed by atoms with van der Waals surface area (Å²) in [6.45, 7) is 2.24. The van der Waals surface area contributed by atoms with E-state index in [-0.39, 0.29) is 0 Å². The van der Waals surface area contributed by atoms with Crippen LogP contribution < -0.4 is 15.8 Å². The van der Waals surface area contributed by atoms with Gasteiger partial charge in [-0.3, -0.25) is 0 Å². The Kier molecular flexibility index (Phi) is 4.57. The van der Waals surface area contributed by atoms with Gasteiger partial charge in [0.2, 0.25) is 0 Å². The van der Waals surface area contributed by atoms with Crippen molar-refractivity contribution in [2.45, 2.75) is 31.7 Å². The first-order valence-electron chi connectivity index (χ1n) is 11.2. The SMILES string of the molecule is Nc1ncnc2c1c(-c1ccc(Oc3ccccc3)cc1)nn2C1CC2(CCCNC2)C1. The van der Waals surface area contributed by atoms with Gasteiger partial charge in [-0.1, -0.05) is 18.2 Å². The summed E-state index contributed by atoms with van der Waals surface area (Å²) < 4.78 is 8.01. The van der Waals surface area contributed by atoms with E-state index < -0.39 is 0 Å². The lowest BCUT2D eigenvalue weighted by molar-refractivity contribution is 0.0313. The van der Waals surface area contributed by atoms with E-state index >= 15 is 0 Å². The van der Waals surface area contributed by atoms with E-state index in [2.05, 4.69) is 20.0 Å². The molecule has 2 aromatic heterocycles. The Morgan fingerprint density at radius 1 is 1.00 bits per heavy atom. The molecule has 0 atom stereocenters. The van der Waals surface area contributed by atoms with Crippen LogP contribution in [0.15, 0.2) is 60.9 Å². The number of piperidine rings is 1. The average molecular weight is 427 g/mol. The number of aromatic nitrogens is 4. The van der Waals surface area contributed by atoms with Crippen molar-refractivity contribution < 1.29 is 4.74 Å². The number of rotatable bonds is 4. The highest BCUT2D eigenvalue weighted by Crippen LogP contribution is 2.53. The van der Waals surface area contributed by atoms with E-state index in [1.807, 2.05) is 54.6 Å². The van der Waals surface area contributed by atoms with Crippen LogP contribution in [0.5, 0.6) is 11.5 Å². The highest BCUT2D eigenvalue weighted by molar-refractivity contribution is 5.98. The molecule has 1 aliphatic carbocycles. The smallest absolute Gasteiger partial charge is 0.164 e. The monoisotopic (exact) mass is 426 g/mol. The fraction of sp³-hybridized carbons (Fsp3) is 0.320. The van der Waals surface area contributed by atoms with E-state index in [4.69, 9.17) is 15.6 Å². The Labute approximate surface area is 186 Å². The number of nitrogens with two attached hydrogens (primary N) is 1. The van der Waals surface area contributed by atoms with Crippen molar-refractivity contribution in [3.8, 4) is 22.8 Å². The molecule has 1 aliphatic heterocycles. The molecule has 1 saturated heterocycles. The van der Waals surface area contributed by atoms with Crippen LogP contribution in [0.4, 0.5) is 5.82 Å². The third-order valence-corrected chi connectivity index (χ3v) is 6.87. The zero-order valence-electron chi connectivity index (χ0n) is 17.9. The maximum absolute atomic E-state index is 6.30. The van der Waals surface area contributed by atoms with Crippen LogP contribution >= 0.6 is 0 Å². The third kappa shape index (κ3) is 3.29. The Balaban J connectivity index is 1.32. The van der Waals surface area contributed by atoms with Crippen molar-refractivity contribution in [3.63, 3.8) is 0 Å². The maximum Gasteiger partial charge on any atom is 0.164 e. The largest absolute Gasteiger partial charge is 0.457 e. The molecule has 162 valence electrons. The summed E-state index contributed by atoms with van der Waals surface area (Å²) in [5.74, 6) is 2.05. The van der Waals surface area contributed by atoms with Gasteiger partial charge in [0.05, 0.1) is 11.4 Å². The van der Waals surface area contributed by atoms with Crippen LogP contribution in [0.2, 0.25) is 0 Å². The minimum Gasteiger partial charge on any atom is -0.457 e. The molecule has 2 fully saturated rings. The second-order valence-electron chi connectivity index (χ2n) is 9.03. The molecular formula is C25H26N6O. The number of nitrogen functional groups attached to an aromatic ring is 1. The van der Waals surface area contributed by atoms with Crippen molar-refractivity contribution in [2.24, 2.45) is 5.41 Å². The Bertz CT molecular complexity index is 1240. The van der Waals surface area contributed by atoms with Gasteiger partial charge >= 0.3 is 0 Å². The second-order valence-corrected chi connectivity index (χ2v) is 9.03. The molecule has 7 nitrogen and oxygen atoms in total. The number of hydrogen-bond acceptors (Lipinski definition) is 6. The van der Waals surface area contributed by atoms with Crippen molar-refractivity contribution >= 4 is 16.9 Å². The predicted molar refractivity (Wildman–Crippen MR) is 124 cm³/mol. The molecule has 1 saturated carbocycles. The van der Waals surface area contributed by atoms with Gasteiger partial charge in [0.25, 0.3) is 0 Å². The molecule has 2 aliphatic rings. The van der Waals surface area contributed by atoms with Gasteiger partial charge < -0.3 is 15.8 Å². The molecule has 32 heavy (non-hydrogen) atoms. The number of benzene rings is 2. The number of nitrogens with zero attached hydrogens (tertiary/aromatic N) is 4. The minimum atomic E-state index is 0.348. The van der Waals surface area contributed by atoms with Gasteiger partial charge in [-0.2, -0.15) is 5.10 Å². The van der Waals surface area contributed by atoms with E-state index in [1.54, 1.807) is 0 Å². The van der Waals surface area contributed by atoms with Gasteiger partial charge in [0.1, 0.15) is 29.3 Å². The zero-order valence-corrected chi connectivity index (χ0v) is 17.9. The predicted octanol–water partition coefficient (Wildman–Crippen LogP) is 4.57. The number of para-hydroxylation sites is 1. The molecule has 3 N–H and O–H groups in total. The van der Waals surface area contributed by atoms with E-state index in [0.717, 1.165) is 59.7 Å². The van der Waals surface area contributed by atoms with Crippen LogP contribution in [0, 0.1) is 5.41 Å². The molecule has 0 radical (unpaired) electrons. The molecule has 6 rings (SSSR count). The standard InChI is InChI=1S/C25H26N6O/c26-23-21-22(17-7-9-20(10-8-17)32-19-5-2-1-3-6-19)30-31(24(21)29-16-28-23)18-13-25(14-18)11-4-12-27-15-25/h1-3,5-10,16,18,27H,4,11-15H2,(H2,26,28,29). The molecule has 2 aromatic carbocycles. The van der Waals surface area contributed by atoms with Crippen LogP contribution in [0.25, 0.3) is 22.3 Å². The van der Waals surface area contributed by atoms with Crippen LogP contribution in [-0.2, 0) is 0 Å². The lowest BCUT2D eigenvalue weighted by Gasteiger charge is -2.50. The van der Waals surface area contributed by atoms with Crippen molar-refractivity contribution in [3.05, 3.63) is 60.9 Å². The average Bonchev–Trinajstić information content (AvgIpc) is 3.20. The number of fused-ring (bicyclic) bond motifs is 1. The van der Waals surface area contributed by atoms with E-state index in [9.17, 15) is 0 Å². The molecular weight excluding hydrogens is 400 g/mol.